The van der Waals surface area contributed by atoms with Gasteiger partial charge in [0.2, 0.25) is 0 Å². The number of hydrogen-bond acceptors (Lipinski definition) is 2. The topological polar surface area (TPSA) is 8.17 Å². The summed E-state index contributed by atoms with van der Waals surface area (Å²) in [7, 11) is 0. The molecular weight excluding hydrogens is 852 g/mol. The van der Waals surface area contributed by atoms with Gasteiger partial charge < -0.3 is 9.38 Å². The van der Waals surface area contributed by atoms with Gasteiger partial charge in [-0.15, -0.1) is 11.3 Å². The van der Waals surface area contributed by atoms with Crippen LogP contribution in [0.15, 0.2) is 109 Å². The summed E-state index contributed by atoms with van der Waals surface area (Å²) in [5.41, 5.74) is 25.0. The molecule has 0 radical (unpaired) electrons. The number of anilines is 2. The van der Waals surface area contributed by atoms with Crippen LogP contribution in [0.5, 0.6) is 0 Å². The van der Waals surface area contributed by atoms with Crippen LogP contribution >= 0.6 is 11.3 Å². The van der Waals surface area contributed by atoms with E-state index in [9.17, 15) is 0 Å². The number of rotatable bonds is 1. The summed E-state index contributed by atoms with van der Waals surface area (Å²) >= 11 is 2.01. The first-order valence-corrected chi connectivity index (χ1v) is 26.6. The Kier molecular flexibility index (Phi) is 8.46. The molecule has 0 bridgehead atoms. The molecule has 2 aliphatic carbocycles. The largest absolute Gasteiger partial charge is 0.376 e. The Labute approximate surface area is 414 Å². The van der Waals surface area contributed by atoms with Crippen LogP contribution in [-0.2, 0) is 32.5 Å². The molecule has 4 aliphatic rings. The molecule has 2 aliphatic heterocycles. The van der Waals surface area contributed by atoms with E-state index < -0.39 is 0 Å². The van der Waals surface area contributed by atoms with Gasteiger partial charge >= 0.3 is 6.85 Å². The van der Waals surface area contributed by atoms with Gasteiger partial charge in [-0.25, -0.2) is 0 Å². The highest BCUT2D eigenvalue weighted by atomic mass is 32.1. The molecule has 4 heterocycles. The van der Waals surface area contributed by atoms with Crippen LogP contribution in [0.4, 0.5) is 11.4 Å². The first-order valence-electron chi connectivity index (χ1n) is 25.8. The zero-order valence-corrected chi connectivity index (χ0v) is 44.5. The first kappa shape index (κ1) is 43.4. The standard InChI is InChI=1S/C65H67BN2S/c1-60(2,3)36-20-24-39(25-21-36)68-52-34-42-41-32-47-48(64(12,13)29-28-63(47,10)11)35-46(41)65(14,15)45(42)33-44(52)56-57-58-54(55-40-18-16-17-19-53(40)69-59(55)56)43-30-37(61(4,5)6)22-26-50(43)67(58)51-27-23-38(62(7,8)9)31-49(51)66(57)68/h16-27,30-35H,28-29H2,1-15H3. The number of fused-ring (bicyclic) bond motifs is 17. The SMILES string of the molecule is CC(C)(C)c1ccc(N2B3c4cc(C(C)(C)C)ccc4-n4c5ccc(C(C)(C)C)cc5c5c6c(sc7ccccc76)c(c3c54)-c3cc4c(cc32)-c2cc3c(cc2C4(C)C)C(C)(C)CCC3(C)C)cc1. The molecule has 0 saturated carbocycles. The summed E-state index contributed by atoms with van der Waals surface area (Å²) in [5, 5.41) is 5.51. The number of aromatic nitrogens is 1. The van der Waals surface area contributed by atoms with E-state index in [1.807, 2.05) is 11.3 Å². The van der Waals surface area contributed by atoms with Crippen molar-refractivity contribution in [2.24, 2.45) is 0 Å². The maximum atomic E-state index is 2.78. The normalized spacial score (nSPS) is 17.4. The summed E-state index contributed by atoms with van der Waals surface area (Å²) < 4.78 is 5.45. The van der Waals surface area contributed by atoms with Gasteiger partial charge in [-0.1, -0.05) is 158 Å². The molecule has 69 heavy (non-hydrogen) atoms. The lowest BCUT2D eigenvalue weighted by molar-refractivity contribution is 0.331. The molecular formula is C65H67BN2S. The van der Waals surface area contributed by atoms with E-state index in [0.29, 0.717) is 0 Å². The second kappa shape index (κ2) is 13.4. The number of nitrogens with zero attached hydrogens (tertiary/aromatic N) is 2. The lowest BCUT2D eigenvalue weighted by Gasteiger charge is -2.43. The maximum Gasteiger partial charge on any atom is 0.333 e. The van der Waals surface area contributed by atoms with E-state index in [1.54, 1.807) is 5.56 Å². The van der Waals surface area contributed by atoms with Crippen molar-refractivity contribution in [1.29, 1.82) is 0 Å². The van der Waals surface area contributed by atoms with Crippen molar-refractivity contribution in [2.45, 2.75) is 149 Å². The van der Waals surface area contributed by atoms with Crippen molar-refractivity contribution in [1.82, 2.24) is 4.57 Å². The third-order valence-corrected chi connectivity index (χ3v) is 18.9. The van der Waals surface area contributed by atoms with E-state index >= 15 is 0 Å². The molecule has 0 atom stereocenters. The van der Waals surface area contributed by atoms with Crippen molar-refractivity contribution in [3.8, 4) is 27.9 Å². The molecule has 2 aromatic heterocycles. The van der Waals surface area contributed by atoms with Gasteiger partial charge in [-0.3, -0.25) is 0 Å². The molecule has 346 valence electrons. The highest BCUT2D eigenvalue weighted by Gasteiger charge is 2.49. The highest BCUT2D eigenvalue weighted by Crippen LogP contribution is 2.59. The Morgan fingerprint density at radius 2 is 1.10 bits per heavy atom. The molecule has 4 heteroatoms. The van der Waals surface area contributed by atoms with E-state index in [1.165, 1.54) is 138 Å². The Hall–Kier alpha value is -5.58. The first-order chi connectivity index (χ1) is 32.4. The summed E-state index contributed by atoms with van der Waals surface area (Å²) in [6.45, 7) is 36.0. The molecule has 0 spiro atoms. The van der Waals surface area contributed by atoms with Gasteiger partial charge in [0.1, 0.15) is 0 Å². The van der Waals surface area contributed by atoms with E-state index in [2.05, 4.69) is 222 Å². The van der Waals surface area contributed by atoms with Crippen LogP contribution in [0.3, 0.4) is 0 Å². The van der Waals surface area contributed by atoms with Gasteiger partial charge in [0.25, 0.3) is 0 Å². The van der Waals surface area contributed by atoms with Crippen molar-refractivity contribution in [3.63, 3.8) is 0 Å². The lowest BCUT2D eigenvalue weighted by Crippen LogP contribution is -2.60. The second-order valence-electron chi connectivity index (χ2n) is 26.5. The van der Waals surface area contributed by atoms with E-state index in [-0.39, 0.29) is 39.3 Å². The molecule has 0 amide bonds. The summed E-state index contributed by atoms with van der Waals surface area (Å²) in [4.78, 5) is 2.78. The predicted octanol–water partition coefficient (Wildman–Crippen LogP) is 16.9. The Balaban J connectivity index is 1.24. The summed E-state index contributed by atoms with van der Waals surface area (Å²) in [6.07, 6.45) is 2.41. The fourth-order valence-electron chi connectivity index (χ4n) is 13.4. The van der Waals surface area contributed by atoms with Crippen molar-refractivity contribution < 1.29 is 0 Å². The number of thiophene rings is 1. The van der Waals surface area contributed by atoms with E-state index in [4.69, 9.17) is 0 Å². The zero-order chi connectivity index (χ0) is 48.4. The molecule has 0 fully saturated rings. The molecule has 0 unspecified atom stereocenters. The van der Waals surface area contributed by atoms with Crippen LogP contribution in [0.2, 0.25) is 0 Å². The van der Waals surface area contributed by atoms with Gasteiger partial charge in [0.05, 0.1) is 11.0 Å². The van der Waals surface area contributed by atoms with Crippen LogP contribution < -0.4 is 15.7 Å². The van der Waals surface area contributed by atoms with Crippen molar-refractivity contribution in [3.05, 3.63) is 148 Å². The van der Waals surface area contributed by atoms with Crippen LogP contribution in [0.1, 0.15) is 156 Å². The minimum absolute atomic E-state index is 0.000618. The minimum Gasteiger partial charge on any atom is -0.376 e. The monoisotopic (exact) mass is 919 g/mol. The average Bonchev–Trinajstić information content (AvgIpc) is 3.91. The Morgan fingerprint density at radius 3 is 1.78 bits per heavy atom. The molecule has 7 aromatic carbocycles. The Morgan fingerprint density at radius 1 is 0.522 bits per heavy atom. The van der Waals surface area contributed by atoms with Crippen molar-refractivity contribution >= 4 is 82.5 Å². The fraction of sp³-hybridized carbons (Fsp3) is 0.354. The van der Waals surface area contributed by atoms with Crippen LogP contribution in [0, 0.1) is 0 Å². The number of benzene rings is 7. The van der Waals surface area contributed by atoms with Gasteiger partial charge in [-0.2, -0.15) is 0 Å². The van der Waals surface area contributed by atoms with Crippen LogP contribution in [-0.4, -0.2) is 11.4 Å². The Bertz CT molecular complexity index is 3750. The van der Waals surface area contributed by atoms with Crippen molar-refractivity contribution in [2.75, 3.05) is 4.81 Å². The molecule has 0 saturated heterocycles. The third kappa shape index (κ3) is 5.79. The smallest absolute Gasteiger partial charge is 0.333 e. The van der Waals surface area contributed by atoms with Gasteiger partial charge in [0.15, 0.2) is 0 Å². The quantitative estimate of drug-likeness (QED) is 0.149. The molecule has 13 rings (SSSR count). The number of hydrogen-bond donors (Lipinski definition) is 0. The lowest BCUT2D eigenvalue weighted by atomic mass is 9.43. The molecule has 2 nitrogen and oxygen atoms in total. The van der Waals surface area contributed by atoms with Gasteiger partial charge in [0, 0.05) is 64.5 Å². The minimum atomic E-state index is -0.185. The third-order valence-electron chi connectivity index (χ3n) is 17.7. The molecule has 9 aromatic rings. The maximum absolute atomic E-state index is 2.78. The highest BCUT2D eigenvalue weighted by molar-refractivity contribution is 7.27. The van der Waals surface area contributed by atoms with Gasteiger partial charge in [-0.05, 0) is 156 Å². The average molecular weight is 919 g/mol. The van der Waals surface area contributed by atoms with E-state index in [0.717, 1.165) is 0 Å². The van der Waals surface area contributed by atoms with Crippen LogP contribution in [0.25, 0.3) is 69.9 Å². The zero-order valence-electron chi connectivity index (χ0n) is 43.7. The summed E-state index contributed by atoms with van der Waals surface area (Å²) in [5.74, 6) is 0. The fourth-order valence-corrected chi connectivity index (χ4v) is 14.7. The predicted molar refractivity (Wildman–Crippen MR) is 302 cm³/mol. The summed E-state index contributed by atoms with van der Waals surface area (Å²) in [6, 6.07) is 44.4. The second-order valence-corrected chi connectivity index (χ2v) is 27.5. The molecule has 0 N–H and O–H groups in total.